The van der Waals surface area contributed by atoms with Gasteiger partial charge in [0.1, 0.15) is 12.1 Å². The van der Waals surface area contributed by atoms with E-state index in [9.17, 15) is 19.2 Å². The van der Waals surface area contributed by atoms with E-state index >= 15 is 0 Å². The van der Waals surface area contributed by atoms with Gasteiger partial charge < -0.3 is 15.4 Å². The molecule has 0 radical (unpaired) electrons. The highest BCUT2D eigenvalue weighted by Gasteiger charge is 2.51. The van der Waals surface area contributed by atoms with Crippen LogP contribution in [0.2, 0.25) is 0 Å². The Morgan fingerprint density at radius 3 is 2.29 bits per heavy atom. The number of amides is 4. The molecule has 0 spiro atoms. The summed E-state index contributed by atoms with van der Waals surface area (Å²) in [6, 6.07) is 14.5. The van der Waals surface area contributed by atoms with Crippen molar-refractivity contribution in [2.45, 2.75) is 38.8 Å². The van der Waals surface area contributed by atoms with Crippen LogP contribution in [0.1, 0.15) is 43.1 Å². The minimum atomic E-state index is -1.18. The van der Waals surface area contributed by atoms with Gasteiger partial charge in [0.25, 0.3) is 5.91 Å². The molecule has 0 aromatic heterocycles. The van der Waals surface area contributed by atoms with E-state index < -0.39 is 35.9 Å². The molecule has 2 N–H and O–H groups in total. The van der Waals surface area contributed by atoms with Crippen molar-refractivity contribution in [3.63, 3.8) is 0 Å². The number of anilines is 1. The summed E-state index contributed by atoms with van der Waals surface area (Å²) in [5.74, 6) is -1.45. The minimum absolute atomic E-state index is 0.234. The van der Waals surface area contributed by atoms with Gasteiger partial charge in [-0.05, 0) is 50.1 Å². The van der Waals surface area contributed by atoms with Crippen LogP contribution in [0.4, 0.5) is 10.5 Å². The number of nitrogens with one attached hydrogen (secondary N) is 2. The lowest BCUT2D eigenvalue weighted by Gasteiger charge is -2.25. The zero-order valence-corrected chi connectivity index (χ0v) is 17.7. The maximum absolute atomic E-state index is 13.1. The van der Waals surface area contributed by atoms with Gasteiger partial charge >= 0.3 is 12.0 Å². The average molecular weight is 423 g/mol. The normalized spacial score (nSPS) is 18.1. The van der Waals surface area contributed by atoms with Crippen LogP contribution in [0.3, 0.4) is 0 Å². The Morgan fingerprint density at radius 2 is 1.71 bits per heavy atom. The van der Waals surface area contributed by atoms with Gasteiger partial charge in [0, 0.05) is 5.69 Å². The molecule has 0 saturated carbocycles. The summed E-state index contributed by atoms with van der Waals surface area (Å²) in [7, 11) is 0. The summed E-state index contributed by atoms with van der Waals surface area (Å²) in [6.07, 6.45) is 0.121. The third-order valence-electron chi connectivity index (χ3n) is 5.02. The maximum Gasteiger partial charge on any atom is 0.338 e. The van der Waals surface area contributed by atoms with Crippen molar-refractivity contribution < 1.29 is 23.9 Å². The fourth-order valence-electron chi connectivity index (χ4n) is 3.45. The molecule has 1 saturated heterocycles. The van der Waals surface area contributed by atoms with Gasteiger partial charge in [0.2, 0.25) is 5.91 Å². The van der Waals surface area contributed by atoms with E-state index in [1.807, 2.05) is 6.07 Å². The molecule has 0 unspecified atom stereocenters. The molecule has 162 valence electrons. The fourth-order valence-corrected chi connectivity index (χ4v) is 3.45. The molecule has 31 heavy (non-hydrogen) atoms. The lowest BCUT2D eigenvalue weighted by molar-refractivity contribution is -0.134. The van der Waals surface area contributed by atoms with E-state index in [2.05, 4.69) is 10.6 Å². The van der Waals surface area contributed by atoms with Gasteiger partial charge in [-0.15, -0.1) is 0 Å². The third-order valence-corrected chi connectivity index (χ3v) is 5.02. The predicted octanol–water partition coefficient (Wildman–Crippen LogP) is 3.05. The summed E-state index contributed by atoms with van der Waals surface area (Å²) >= 11 is 0. The first-order valence-electron chi connectivity index (χ1n) is 10.1. The minimum Gasteiger partial charge on any atom is -0.459 e. The highest BCUT2D eigenvalue weighted by atomic mass is 16.5. The molecule has 1 atom stereocenters. The molecule has 3 rings (SSSR count). The lowest BCUT2D eigenvalue weighted by Crippen LogP contribution is -2.44. The predicted molar refractivity (Wildman–Crippen MR) is 114 cm³/mol. The van der Waals surface area contributed by atoms with Crippen LogP contribution in [-0.2, 0) is 19.9 Å². The Balaban J connectivity index is 1.67. The molecule has 2 aromatic carbocycles. The molecule has 1 fully saturated rings. The highest BCUT2D eigenvalue weighted by molar-refractivity contribution is 6.10. The van der Waals surface area contributed by atoms with Crippen LogP contribution in [0, 0.1) is 0 Å². The monoisotopic (exact) mass is 423 g/mol. The number of benzene rings is 2. The Bertz CT molecular complexity index is 988. The van der Waals surface area contributed by atoms with E-state index in [0.29, 0.717) is 23.2 Å². The summed E-state index contributed by atoms with van der Waals surface area (Å²) in [4.78, 5) is 50.9. The number of carbonyl (C=O) groups excluding carboxylic acids is 4. The molecule has 0 bridgehead atoms. The third kappa shape index (κ3) is 4.58. The van der Waals surface area contributed by atoms with Crippen molar-refractivity contribution in [2.75, 3.05) is 11.9 Å². The van der Waals surface area contributed by atoms with E-state index in [0.717, 1.165) is 4.90 Å². The number of esters is 1. The molecule has 8 nitrogen and oxygen atoms in total. The Hall–Kier alpha value is -3.68. The Labute approximate surface area is 180 Å². The van der Waals surface area contributed by atoms with Crippen molar-refractivity contribution in [3.05, 3.63) is 65.7 Å². The van der Waals surface area contributed by atoms with Crippen molar-refractivity contribution in [3.8, 4) is 0 Å². The maximum atomic E-state index is 13.1. The number of urea groups is 1. The first-order chi connectivity index (χ1) is 14.8. The van der Waals surface area contributed by atoms with Crippen LogP contribution in [0.5, 0.6) is 0 Å². The smallest absolute Gasteiger partial charge is 0.338 e. The summed E-state index contributed by atoms with van der Waals surface area (Å²) in [5.41, 5.74) is 0.277. The quantitative estimate of drug-likeness (QED) is 0.526. The Kier molecular flexibility index (Phi) is 6.39. The first-order valence-corrected chi connectivity index (χ1v) is 10.1. The first kappa shape index (κ1) is 22.0. The number of imide groups is 1. The van der Waals surface area contributed by atoms with Gasteiger partial charge in [0.05, 0.1) is 11.7 Å². The van der Waals surface area contributed by atoms with Gasteiger partial charge in [-0.2, -0.15) is 0 Å². The van der Waals surface area contributed by atoms with Crippen LogP contribution >= 0.6 is 0 Å². The van der Waals surface area contributed by atoms with Crippen LogP contribution in [0.25, 0.3) is 0 Å². The van der Waals surface area contributed by atoms with Gasteiger partial charge in [-0.25, -0.2) is 9.59 Å². The second-order valence-electron chi connectivity index (χ2n) is 7.53. The second-order valence-corrected chi connectivity index (χ2v) is 7.53. The van der Waals surface area contributed by atoms with Crippen molar-refractivity contribution in [1.29, 1.82) is 0 Å². The summed E-state index contributed by atoms with van der Waals surface area (Å²) in [5, 5.41) is 5.38. The molecule has 0 aliphatic carbocycles. The second kappa shape index (κ2) is 8.99. The number of ether oxygens (including phenoxy) is 1. The molecule has 1 aliphatic heterocycles. The van der Waals surface area contributed by atoms with Crippen molar-refractivity contribution in [1.82, 2.24) is 10.2 Å². The molecular weight excluding hydrogens is 398 g/mol. The highest BCUT2D eigenvalue weighted by Crippen LogP contribution is 2.32. The molecular formula is C23H25N3O5. The number of carbonyl (C=O) groups is 4. The standard InChI is InChI=1S/C23H25N3O5/c1-4-23(17-8-6-5-7-9-17)21(29)26(22(30)25-23)14-19(27)24-18-12-10-16(11-13-18)20(28)31-15(2)3/h5-13,15H,4,14H2,1-3H3,(H,24,27)(H,25,30)/t23-/m0/s1. The van der Waals surface area contributed by atoms with Gasteiger partial charge in [-0.1, -0.05) is 37.3 Å². The van der Waals surface area contributed by atoms with Crippen LogP contribution in [0.15, 0.2) is 54.6 Å². The molecule has 1 aliphatic rings. The molecule has 4 amide bonds. The van der Waals surface area contributed by atoms with Crippen molar-refractivity contribution in [2.24, 2.45) is 0 Å². The zero-order chi connectivity index (χ0) is 22.6. The number of rotatable bonds is 7. The Morgan fingerprint density at radius 1 is 1.06 bits per heavy atom. The molecule has 2 aromatic rings. The molecule has 1 heterocycles. The van der Waals surface area contributed by atoms with Gasteiger partial charge in [-0.3, -0.25) is 14.5 Å². The van der Waals surface area contributed by atoms with E-state index in [1.165, 1.54) is 12.1 Å². The van der Waals surface area contributed by atoms with Gasteiger partial charge in [0.15, 0.2) is 0 Å². The van der Waals surface area contributed by atoms with E-state index in [1.54, 1.807) is 57.2 Å². The van der Waals surface area contributed by atoms with Crippen molar-refractivity contribution >= 4 is 29.5 Å². The number of nitrogens with zero attached hydrogens (tertiary/aromatic N) is 1. The SMILES string of the molecule is CC[C@@]1(c2ccccc2)NC(=O)N(CC(=O)Nc2ccc(C(=O)OC(C)C)cc2)C1=O. The summed E-state index contributed by atoms with van der Waals surface area (Å²) < 4.78 is 5.12. The number of hydrogen-bond donors (Lipinski definition) is 2. The molecule has 8 heteroatoms. The number of hydrogen-bond acceptors (Lipinski definition) is 5. The largest absolute Gasteiger partial charge is 0.459 e. The lowest BCUT2D eigenvalue weighted by atomic mass is 9.87. The summed E-state index contributed by atoms with van der Waals surface area (Å²) in [6.45, 7) is 4.90. The van der Waals surface area contributed by atoms with Crippen LogP contribution in [-0.4, -0.2) is 41.4 Å². The fraction of sp³-hybridized carbons (Fsp3) is 0.304. The van der Waals surface area contributed by atoms with E-state index in [-0.39, 0.29) is 6.10 Å². The topological polar surface area (TPSA) is 105 Å². The van der Waals surface area contributed by atoms with E-state index in [4.69, 9.17) is 4.74 Å². The van der Waals surface area contributed by atoms with Crippen LogP contribution < -0.4 is 10.6 Å². The zero-order valence-electron chi connectivity index (χ0n) is 17.7. The average Bonchev–Trinajstić information content (AvgIpc) is 2.99.